The molecule has 1 N–H and O–H groups in total. The molecule has 5 rings (SSSR count). The average molecular weight is 346 g/mol. The predicted molar refractivity (Wildman–Crippen MR) is 95.2 cm³/mol. The molecule has 0 spiro atoms. The fraction of sp³-hybridized carbons (Fsp3) is 0.632. The number of sulfonamides is 1. The Morgan fingerprint density at radius 3 is 2.04 bits per heavy atom. The van der Waals surface area contributed by atoms with Crippen LogP contribution < -0.4 is 4.83 Å². The van der Waals surface area contributed by atoms with E-state index >= 15 is 0 Å². The van der Waals surface area contributed by atoms with Crippen molar-refractivity contribution in [3.63, 3.8) is 0 Å². The Balaban J connectivity index is 1.54. The molecule has 0 aliphatic heterocycles. The molecule has 4 aliphatic carbocycles. The third-order valence-electron chi connectivity index (χ3n) is 6.47. The van der Waals surface area contributed by atoms with Gasteiger partial charge in [-0.25, -0.2) is 4.83 Å². The summed E-state index contributed by atoms with van der Waals surface area (Å²) < 4.78 is 24.9. The summed E-state index contributed by atoms with van der Waals surface area (Å²) in [6.45, 7) is 3.96. The lowest BCUT2D eigenvalue weighted by atomic mass is 9.48. The molecule has 4 bridgehead atoms. The minimum Gasteiger partial charge on any atom is -0.200 e. The molecule has 1 aromatic carbocycles. The fourth-order valence-corrected chi connectivity index (χ4v) is 6.43. The molecule has 0 radical (unpaired) electrons. The molecular weight excluding hydrogens is 320 g/mol. The zero-order valence-corrected chi connectivity index (χ0v) is 15.3. The van der Waals surface area contributed by atoms with Gasteiger partial charge in [0.1, 0.15) is 0 Å². The lowest BCUT2D eigenvalue weighted by molar-refractivity contribution is -0.0127. The molecule has 0 heterocycles. The van der Waals surface area contributed by atoms with E-state index < -0.39 is 10.0 Å². The number of rotatable bonds is 4. The second-order valence-corrected chi connectivity index (χ2v) is 9.96. The van der Waals surface area contributed by atoms with Gasteiger partial charge >= 0.3 is 0 Å². The second-order valence-electron chi connectivity index (χ2n) is 8.30. The van der Waals surface area contributed by atoms with Crippen molar-refractivity contribution in [3.05, 3.63) is 29.8 Å². The van der Waals surface area contributed by atoms with Crippen LogP contribution in [0.1, 0.15) is 51.0 Å². The molecule has 4 fully saturated rings. The van der Waals surface area contributed by atoms with Crippen LogP contribution >= 0.6 is 0 Å². The van der Waals surface area contributed by atoms with E-state index in [9.17, 15) is 8.42 Å². The summed E-state index contributed by atoms with van der Waals surface area (Å²) in [4.78, 5) is 2.75. The highest BCUT2D eigenvalue weighted by Crippen LogP contribution is 2.60. The Hall–Kier alpha value is -1.36. The van der Waals surface area contributed by atoms with Crippen molar-refractivity contribution in [3.8, 4) is 0 Å². The average Bonchev–Trinajstić information content (AvgIpc) is 2.52. The van der Waals surface area contributed by atoms with Crippen LogP contribution in [0, 0.1) is 30.1 Å². The molecular formula is C19H26N2O2S. The molecule has 4 aliphatic rings. The summed E-state index contributed by atoms with van der Waals surface area (Å²) >= 11 is 0. The zero-order chi connectivity index (χ0) is 16.9. The normalized spacial score (nSPS) is 35.2. The summed E-state index contributed by atoms with van der Waals surface area (Å²) in [6, 6.07) is 6.88. The Morgan fingerprint density at radius 1 is 1.04 bits per heavy atom. The van der Waals surface area contributed by atoms with Crippen molar-refractivity contribution in [2.75, 3.05) is 0 Å². The molecule has 4 nitrogen and oxygen atoms in total. The minimum atomic E-state index is -3.58. The smallest absolute Gasteiger partial charge is 0.200 e. The van der Waals surface area contributed by atoms with Crippen molar-refractivity contribution < 1.29 is 8.42 Å². The maximum atomic E-state index is 12.5. The van der Waals surface area contributed by atoms with Crippen molar-refractivity contribution in [2.45, 2.75) is 57.3 Å². The van der Waals surface area contributed by atoms with Crippen molar-refractivity contribution in [1.29, 1.82) is 0 Å². The van der Waals surface area contributed by atoms with Gasteiger partial charge in [0.05, 0.1) is 4.90 Å². The van der Waals surface area contributed by atoms with Gasteiger partial charge in [-0.2, -0.15) is 13.5 Å². The summed E-state index contributed by atoms with van der Waals surface area (Å²) in [6.07, 6.45) is 7.71. The molecule has 0 unspecified atom stereocenters. The van der Waals surface area contributed by atoms with Crippen molar-refractivity contribution in [2.24, 2.45) is 28.3 Å². The largest absolute Gasteiger partial charge is 0.276 e. The summed E-state index contributed by atoms with van der Waals surface area (Å²) in [7, 11) is -3.58. The molecule has 0 aromatic heterocycles. The van der Waals surface area contributed by atoms with Crippen LogP contribution in [0.5, 0.6) is 0 Å². The van der Waals surface area contributed by atoms with Crippen LogP contribution in [-0.4, -0.2) is 14.1 Å². The molecule has 1 aromatic rings. The van der Waals surface area contributed by atoms with Crippen molar-refractivity contribution in [1.82, 2.24) is 4.83 Å². The van der Waals surface area contributed by atoms with Gasteiger partial charge in [-0.05, 0) is 82.3 Å². The Labute approximate surface area is 144 Å². The van der Waals surface area contributed by atoms with Crippen LogP contribution in [0.2, 0.25) is 0 Å². The van der Waals surface area contributed by atoms with E-state index in [4.69, 9.17) is 0 Å². The number of nitrogens with one attached hydrogen (secondary N) is 1. The predicted octanol–water partition coefficient (Wildman–Crippen LogP) is 3.87. The van der Waals surface area contributed by atoms with E-state index in [1.54, 1.807) is 12.1 Å². The third kappa shape index (κ3) is 2.77. The molecule has 0 saturated heterocycles. The Kier molecular flexibility index (Phi) is 3.75. The van der Waals surface area contributed by atoms with Gasteiger partial charge in [-0.3, -0.25) is 0 Å². The highest BCUT2D eigenvalue weighted by Gasteiger charge is 2.52. The van der Waals surface area contributed by atoms with Crippen LogP contribution in [0.4, 0.5) is 0 Å². The first-order chi connectivity index (χ1) is 11.4. The number of nitrogens with zero attached hydrogens (tertiary/aromatic N) is 1. The molecule has 5 heteroatoms. The van der Waals surface area contributed by atoms with E-state index in [2.05, 4.69) is 9.93 Å². The summed E-state index contributed by atoms with van der Waals surface area (Å²) in [5.41, 5.74) is 2.17. The second kappa shape index (κ2) is 5.58. The van der Waals surface area contributed by atoms with E-state index in [0.717, 1.165) is 29.0 Å². The molecule has 0 atom stereocenters. The first-order valence-electron chi connectivity index (χ1n) is 9.00. The quantitative estimate of drug-likeness (QED) is 0.665. The van der Waals surface area contributed by atoms with Crippen LogP contribution in [0.15, 0.2) is 34.3 Å². The van der Waals surface area contributed by atoms with Gasteiger partial charge in [0, 0.05) is 11.1 Å². The minimum absolute atomic E-state index is 0.143. The monoisotopic (exact) mass is 346 g/mol. The molecule has 0 amide bonds. The van der Waals surface area contributed by atoms with Gasteiger partial charge in [0.15, 0.2) is 0 Å². The zero-order valence-electron chi connectivity index (χ0n) is 14.5. The summed E-state index contributed by atoms with van der Waals surface area (Å²) in [5.74, 6) is 2.49. The molecule has 24 heavy (non-hydrogen) atoms. The maximum Gasteiger partial charge on any atom is 0.276 e. The van der Waals surface area contributed by atoms with Crippen LogP contribution in [0.25, 0.3) is 0 Å². The number of hydrogen-bond acceptors (Lipinski definition) is 3. The van der Waals surface area contributed by atoms with Gasteiger partial charge in [-0.1, -0.05) is 17.7 Å². The fourth-order valence-electron chi connectivity index (χ4n) is 5.57. The number of benzene rings is 1. The van der Waals surface area contributed by atoms with Gasteiger partial charge in [0.25, 0.3) is 10.0 Å². The van der Waals surface area contributed by atoms with Gasteiger partial charge in [0.2, 0.25) is 0 Å². The highest BCUT2D eigenvalue weighted by molar-refractivity contribution is 7.89. The Morgan fingerprint density at radius 2 is 1.54 bits per heavy atom. The topological polar surface area (TPSA) is 58.5 Å². The van der Waals surface area contributed by atoms with Crippen LogP contribution in [-0.2, 0) is 10.0 Å². The first-order valence-corrected chi connectivity index (χ1v) is 10.5. The van der Waals surface area contributed by atoms with E-state index in [0.29, 0.717) is 0 Å². The summed E-state index contributed by atoms with van der Waals surface area (Å²) in [5, 5.41) is 4.36. The van der Waals surface area contributed by atoms with E-state index in [1.807, 2.05) is 26.0 Å². The van der Waals surface area contributed by atoms with E-state index in [1.165, 1.54) is 38.5 Å². The third-order valence-corrected chi connectivity index (χ3v) is 7.69. The van der Waals surface area contributed by atoms with Gasteiger partial charge < -0.3 is 0 Å². The molecule has 130 valence electrons. The van der Waals surface area contributed by atoms with Crippen LogP contribution in [0.3, 0.4) is 0 Å². The lowest BCUT2D eigenvalue weighted by Gasteiger charge is -2.56. The van der Waals surface area contributed by atoms with E-state index in [-0.39, 0.29) is 10.3 Å². The number of hydrogen-bond donors (Lipinski definition) is 1. The van der Waals surface area contributed by atoms with Crippen molar-refractivity contribution >= 4 is 15.7 Å². The molecule has 4 saturated carbocycles. The lowest BCUT2D eigenvalue weighted by Crippen LogP contribution is -2.49. The SMILES string of the molecule is C/C(=N\NS(=O)(=O)c1ccc(C)cc1)C12CC3CC(CC(C3)C1)C2. The first kappa shape index (κ1) is 16.1. The number of hydrazone groups is 1. The standard InChI is InChI=1S/C19H26N2O2S/c1-13-3-5-18(6-4-13)24(22,23)21-20-14(2)19-10-15-7-16(11-19)9-17(8-15)12-19/h3-6,15-17,21H,7-12H2,1-2H3/b20-14+. The van der Waals surface area contributed by atoms with Gasteiger partial charge in [-0.15, -0.1) is 0 Å². The Bertz CT molecular complexity index is 730. The maximum absolute atomic E-state index is 12.5. The number of aryl methyl sites for hydroxylation is 1. The highest BCUT2D eigenvalue weighted by atomic mass is 32.2.